The Morgan fingerprint density at radius 2 is 1.19 bits per heavy atom. The average molecular weight is 571 g/mol. The van der Waals surface area contributed by atoms with E-state index >= 15 is 0 Å². The molecular weight excluding hydrogens is 528 g/mol. The highest BCUT2D eigenvalue weighted by atomic mass is 32.2. The summed E-state index contributed by atoms with van der Waals surface area (Å²) in [5, 5.41) is 10.0. The van der Waals surface area contributed by atoms with E-state index in [1.54, 1.807) is 26.2 Å². The van der Waals surface area contributed by atoms with Crippen LogP contribution in [0.3, 0.4) is 0 Å². The second-order valence-corrected chi connectivity index (χ2v) is 8.59. The first-order valence-electron chi connectivity index (χ1n) is 10.7. The van der Waals surface area contributed by atoms with Crippen molar-refractivity contribution >= 4 is 58.9 Å². The van der Waals surface area contributed by atoms with Gasteiger partial charge in [0.1, 0.15) is 6.01 Å². The minimum absolute atomic E-state index is 0. The fourth-order valence-corrected chi connectivity index (χ4v) is 3.17. The Hall–Kier alpha value is -1.99. The molecule has 0 atom stereocenters. The summed E-state index contributed by atoms with van der Waals surface area (Å²) in [6, 6.07) is 8.49. The topological polar surface area (TPSA) is 116 Å². The van der Waals surface area contributed by atoms with E-state index in [2.05, 4.69) is 21.3 Å². The Balaban J connectivity index is -0.000000220. The molecule has 0 aliphatic rings. The Morgan fingerprint density at radius 3 is 1.61 bits per heavy atom. The van der Waals surface area contributed by atoms with Crippen LogP contribution < -0.4 is 21.3 Å². The lowest BCUT2D eigenvalue weighted by atomic mass is 10.2. The molecule has 0 saturated heterocycles. The predicted molar refractivity (Wildman–Crippen MR) is 153 cm³/mol. The van der Waals surface area contributed by atoms with Gasteiger partial charge >= 0.3 is 0 Å². The first-order chi connectivity index (χ1) is 16.9. The van der Waals surface area contributed by atoms with E-state index in [1.165, 1.54) is 30.6 Å². The van der Waals surface area contributed by atoms with Crippen molar-refractivity contribution in [2.45, 2.75) is 21.3 Å². The van der Waals surface area contributed by atoms with E-state index in [4.69, 9.17) is 0 Å². The molecule has 0 bridgehead atoms. The van der Waals surface area contributed by atoms with Gasteiger partial charge in [-0.2, -0.15) is 0 Å². The van der Waals surface area contributed by atoms with E-state index in [0.29, 0.717) is 28.7 Å². The standard InChI is InChI=1S/C11H14N2O2S.C5H10FNOS.C4H8FNOS.C2H6.CH4/c1-12-10(14)7-16-8-13-11(15)9-5-3-2-4-6-9;1-7-5(8)4-9-3-2-6;1-6-4(7)2-8-3-5;1-2;/h2-6H,7-8H2,1H3,(H,12,14)(H,13,15);2-4H2,1H3,(H,7,8);2-3H2,1H3,(H,6,7);1-2H3;1H4/i;6-1;5-1;;. The number of nitrogens with one attached hydrogen (secondary N) is 4. The van der Waals surface area contributed by atoms with Gasteiger partial charge in [0.15, 0.2) is 0 Å². The molecule has 4 N–H and O–H groups in total. The quantitative estimate of drug-likeness (QED) is 0.225. The molecular formula is C23H42F2N4O4S3. The van der Waals surface area contributed by atoms with Crippen LogP contribution in [0.25, 0.3) is 0 Å². The van der Waals surface area contributed by atoms with Gasteiger partial charge in [0, 0.05) is 32.5 Å². The van der Waals surface area contributed by atoms with Crippen molar-refractivity contribution in [2.24, 2.45) is 0 Å². The van der Waals surface area contributed by atoms with Gasteiger partial charge in [0.25, 0.3) is 5.91 Å². The average Bonchev–Trinajstić information content (AvgIpc) is 2.91. The van der Waals surface area contributed by atoms with Crippen LogP contribution in [0, 0.1) is 0 Å². The number of alkyl halides is 2. The Morgan fingerprint density at radius 1 is 0.750 bits per heavy atom. The third kappa shape index (κ3) is 30.0. The van der Waals surface area contributed by atoms with E-state index in [1.807, 2.05) is 32.0 Å². The van der Waals surface area contributed by atoms with Gasteiger partial charge in [0.2, 0.25) is 17.7 Å². The maximum absolute atomic E-state index is 11.5. The minimum atomic E-state index is -0.493. The fraction of sp³-hybridized carbons (Fsp3) is 0.565. The largest absolute Gasteiger partial charge is 0.358 e. The maximum Gasteiger partial charge on any atom is 0.251 e. The molecule has 0 saturated carbocycles. The summed E-state index contributed by atoms with van der Waals surface area (Å²) in [7, 11) is 4.69. The molecule has 0 spiro atoms. The molecule has 1 aromatic rings. The molecule has 4 amide bonds. The van der Waals surface area contributed by atoms with Crippen LogP contribution in [0.4, 0.5) is 8.78 Å². The highest BCUT2D eigenvalue weighted by Crippen LogP contribution is 2.01. The molecule has 0 aromatic heterocycles. The Kier molecular flexibility index (Phi) is 37.7. The van der Waals surface area contributed by atoms with E-state index < -0.39 is 6.01 Å². The van der Waals surface area contributed by atoms with Crippen molar-refractivity contribution < 1.29 is 28.0 Å². The second-order valence-electron chi connectivity index (χ2n) is 5.58. The number of amides is 4. The zero-order chi connectivity index (χ0) is 27.3. The summed E-state index contributed by atoms with van der Waals surface area (Å²) < 4.78 is 22.7. The number of thioether (sulfide) groups is 3. The number of carbonyl (C=O) groups excluding carboxylic acids is 4. The lowest BCUT2D eigenvalue weighted by molar-refractivity contribution is -0.118. The number of carbonyl (C=O) groups is 4. The summed E-state index contributed by atoms with van der Waals surface area (Å²) >= 11 is 3.63. The van der Waals surface area contributed by atoms with Crippen molar-refractivity contribution in [2.75, 3.05) is 62.7 Å². The fourth-order valence-electron chi connectivity index (χ4n) is 1.52. The maximum atomic E-state index is 11.5. The van der Waals surface area contributed by atoms with Crippen molar-refractivity contribution in [3.8, 4) is 0 Å². The van der Waals surface area contributed by atoms with Crippen LogP contribution in [-0.2, 0) is 14.4 Å². The van der Waals surface area contributed by atoms with Crippen molar-refractivity contribution in [3.05, 3.63) is 35.9 Å². The molecule has 0 fully saturated rings. The van der Waals surface area contributed by atoms with Gasteiger partial charge in [0.05, 0.1) is 29.8 Å². The van der Waals surface area contributed by atoms with Gasteiger partial charge in [-0.25, -0.2) is 4.39 Å². The van der Waals surface area contributed by atoms with Crippen LogP contribution >= 0.6 is 35.3 Å². The Bertz CT molecular complexity index is 676. The van der Waals surface area contributed by atoms with Crippen LogP contribution in [0.15, 0.2) is 30.3 Å². The number of halogens is 2. The highest BCUT2D eigenvalue weighted by molar-refractivity contribution is 8.00. The van der Waals surface area contributed by atoms with Crippen LogP contribution in [0.1, 0.15) is 31.6 Å². The molecule has 36 heavy (non-hydrogen) atoms. The monoisotopic (exact) mass is 570 g/mol. The first kappa shape index (κ1) is 41.1. The summed E-state index contributed by atoms with van der Waals surface area (Å²) in [6.07, 6.45) is 0. The highest BCUT2D eigenvalue weighted by Gasteiger charge is 2.04. The van der Waals surface area contributed by atoms with Gasteiger partial charge in [-0.1, -0.05) is 39.5 Å². The summed E-state index contributed by atoms with van der Waals surface area (Å²) in [6.45, 7) is 3.64. The SMILES string of the molecule is C.CC.CNC(=O)CSCC[18F].CNC(=O)CSCNC(=O)c1ccccc1.CNC(=O)CSC[18F]. The van der Waals surface area contributed by atoms with E-state index in [9.17, 15) is 28.0 Å². The summed E-state index contributed by atoms with van der Waals surface area (Å²) in [5.41, 5.74) is 0.628. The zero-order valence-corrected chi connectivity index (χ0v) is 23.4. The third-order valence-electron chi connectivity index (χ3n) is 3.21. The zero-order valence-electron chi connectivity index (χ0n) is 21.0. The number of benzene rings is 1. The third-order valence-corrected chi connectivity index (χ3v) is 5.55. The molecule has 0 aliphatic heterocycles. The van der Waals surface area contributed by atoms with E-state index in [0.717, 1.165) is 11.8 Å². The number of hydrogen-bond acceptors (Lipinski definition) is 7. The van der Waals surface area contributed by atoms with Crippen molar-refractivity contribution in [1.29, 1.82) is 0 Å². The minimum Gasteiger partial charge on any atom is -0.358 e. The smallest absolute Gasteiger partial charge is 0.251 e. The normalized spacial score (nSPS) is 8.64. The second kappa shape index (κ2) is 33.0. The molecule has 0 radical (unpaired) electrons. The van der Waals surface area contributed by atoms with Gasteiger partial charge in [-0.05, 0) is 12.1 Å². The van der Waals surface area contributed by atoms with Crippen LogP contribution in [0.5, 0.6) is 0 Å². The molecule has 1 rings (SSSR count). The van der Waals surface area contributed by atoms with Gasteiger partial charge in [-0.3, -0.25) is 23.6 Å². The molecule has 1 aromatic carbocycles. The first-order valence-corrected chi connectivity index (χ1v) is 14.1. The van der Waals surface area contributed by atoms with Crippen LogP contribution in [0.2, 0.25) is 0 Å². The van der Waals surface area contributed by atoms with Crippen molar-refractivity contribution in [3.63, 3.8) is 0 Å². The number of hydrogen-bond donors (Lipinski definition) is 4. The lowest BCUT2D eigenvalue weighted by Gasteiger charge is -2.04. The van der Waals surface area contributed by atoms with E-state index in [-0.39, 0.29) is 43.5 Å². The summed E-state index contributed by atoms with van der Waals surface area (Å²) in [5.74, 6) is 1.43. The van der Waals surface area contributed by atoms with Gasteiger partial charge in [-0.15, -0.1) is 35.3 Å². The molecule has 0 unspecified atom stereocenters. The lowest BCUT2D eigenvalue weighted by Crippen LogP contribution is -2.25. The summed E-state index contributed by atoms with van der Waals surface area (Å²) in [4.78, 5) is 43.1. The predicted octanol–water partition coefficient (Wildman–Crippen LogP) is 3.34. The number of rotatable bonds is 12. The van der Waals surface area contributed by atoms with Crippen molar-refractivity contribution in [1.82, 2.24) is 21.3 Å². The Labute approximate surface area is 227 Å². The van der Waals surface area contributed by atoms with Crippen LogP contribution in [-0.4, -0.2) is 86.3 Å². The molecule has 210 valence electrons. The molecule has 8 nitrogen and oxygen atoms in total. The molecule has 0 heterocycles. The molecule has 13 heteroatoms. The van der Waals surface area contributed by atoms with Gasteiger partial charge < -0.3 is 21.3 Å². The molecule has 0 aliphatic carbocycles.